The van der Waals surface area contributed by atoms with Crippen LogP contribution in [0.5, 0.6) is 5.75 Å². The number of hydrogen-bond acceptors (Lipinski definition) is 4. The molecule has 0 bridgehead atoms. The van der Waals surface area contributed by atoms with E-state index in [-0.39, 0.29) is 0 Å². The third-order valence-electron chi connectivity index (χ3n) is 3.85. The van der Waals surface area contributed by atoms with E-state index < -0.39 is 0 Å². The highest BCUT2D eigenvalue weighted by Crippen LogP contribution is 2.37. The fourth-order valence-electron chi connectivity index (χ4n) is 2.75. The van der Waals surface area contributed by atoms with E-state index in [0.29, 0.717) is 25.2 Å². The van der Waals surface area contributed by atoms with Gasteiger partial charge in [-0.25, -0.2) is 0 Å². The largest absolute Gasteiger partial charge is 0.491 e. The summed E-state index contributed by atoms with van der Waals surface area (Å²) in [5.41, 5.74) is 1.30. The summed E-state index contributed by atoms with van der Waals surface area (Å²) in [5.74, 6) is 4.23. The van der Waals surface area contributed by atoms with Gasteiger partial charge in [-0.1, -0.05) is 25.1 Å². The lowest BCUT2D eigenvalue weighted by molar-refractivity contribution is 0.145. The van der Waals surface area contributed by atoms with Crippen molar-refractivity contribution in [2.75, 3.05) is 38.4 Å². The molecule has 1 aromatic carbocycles. The van der Waals surface area contributed by atoms with Gasteiger partial charge in [0.05, 0.1) is 6.61 Å². The monoisotopic (exact) mass is 309 g/mol. The van der Waals surface area contributed by atoms with Crippen LogP contribution < -0.4 is 10.1 Å². The van der Waals surface area contributed by atoms with Gasteiger partial charge in [0, 0.05) is 18.7 Å². The van der Waals surface area contributed by atoms with Crippen LogP contribution in [0.3, 0.4) is 0 Å². The molecule has 1 saturated heterocycles. The van der Waals surface area contributed by atoms with E-state index in [2.05, 4.69) is 42.2 Å². The number of rotatable bonds is 9. The zero-order valence-electron chi connectivity index (χ0n) is 13.1. The molecule has 0 amide bonds. The van der Waals surface area contributed by atoms with Crippen molar-refractivity contribution in [3.8, 4) is 5.75 Å². The average Bonchev–Trinajstić information content (AvgIpc) is 3.03. The molecule has 1 aliphatic rings. The van der Waals surface area contributed by atoms with Gasteiger partial charge >= 0.3 is 0 Å². The first-order chi connectivity index (χ1) is 10.4. The number of benzene rings is 1. The van der Waals surface area contributed by atoms with Gasteiger partial charge in [0.1, 0.15) is 12.4 Å². The lowest BCUT2D eigenvalue weighted by Crippen LogP contribution is -2.29. The summed E-state index contributed by atoms with van der Waals surface area (Å²) < 4.78 is 11.0. The number of ether oxygens (including phenoxy) is 2. The first-order valence-corrected chi connectivity index (χ1v) is 9.04. The normalized spacial score (nSPS) is 19.6. The van der Waals surface area contributed by atoms with Crippen molar-refractivity contribution in [1.82, 2.24) is 5.32 Å². The van der Waals surface area contributed by atoms with Crippen LogP contribution in [0.2, 0.25) is 0 Å². The van der Waals surface area contributed by atoms with E-state index in [1.165, 1.54) is 23.5 Å². The highest BCUT2D eigenvalue weighted by atomic mass is 32.2. The molecule has 4 heteroatoms. The molecule has 0 saturated carbocycles. The van der Waals surface area contributed by atoms with Crippen molar-refractivity contribution in [3.63, 3.8) is 0 Å². The molecule has 118 valence electrons. The Morgan fingerprint density at radius 3 is 2.90 bits per heavy atom. The second-order valence-electron chi connectivity index (χ2n) is 5.43. The molecule has 1 aliphatic heterocycles. The van der Waals surface area contributed by atoms with Gasteiger partial charge in [-0.3, -0.25) is 0 Å². The highest BCUT2D eigenvalue weighted by molar-refractivity contribution is 7.99. The minimum atomic E-state index is 0.402. The number of thioether (sulfide) groups is 1. The Balaban J connectivity index is 2.13. The summed E-state index contributed by atoms with van der Waals surface area (Å²) in [7, 11) is 1.70. The van der Waals surface area contributed by atoms with E-state index in [9.17, 15) is 0 Å². The Morgan fingerprint density at radius 2 is 2.19 bits per heavy atom. The smallest absolute Gasteiger partial charge is 0.124 e. The van der Waals surface area contributed by atoms with Crippen molar-refractivity contribution in [2.24, 2.45) is 5.92 Å². The SMILES string of the molecule is CCCNC(c1ccccc1OCCOC)C1CCSC1. The van der Waals surface area contributed by atoms with Crippen LogP contribution in [0, 0.1) is 5.92 Å². The molecule has 0 aliphatic carbocycles. The highest BCUT2D eigenvalue weighted by Gasteiger charge is 2.28. The Bertz CT molecular complexity index is 408. The topological polar surface area (TPSA) is 30.5 Å². The molecule has 2 rings (SSSR count). The predicted octanol–water partition coefficient (Wildman–Crippen LogP) is 3.51. The van der Waals surface area contributed by atoms with E-state index in [1.807, 2.05) is 6.07 Å². The first-order valence-electron chi connectivity index (χ1n) is 7.88. The van der Waals surface area contributed by atoms with Crippen molar-refractivity contribution in [1.29, 1.82) is 0 Å². The van der Waals surface area contributed by atoms with Crippen LogP contribution in [0.15, 0.2) is 24.3 Å². The average molecular weight is 309 g/mol. The maximum Gasteiger partial charge on any atom is 0.124 e. The lowest BCUT2D eigenvalue weighted by atomic mass is 9.91. The Morgan fingerprint density at radius 1 is 1.33 bits per heavy atom. The fraction of sp³-hybridized carbons (Fsp3) is 0.647. The van der Waals surface area contributed by atoms with Crippen molar-refractivity contribution < 1.29 is 9.47 Å². The maximum atomic E-state index is 5.93. The molecule has 21 heavy (non-hydrogen) atoms. The molecule has 1 fully saturated rings. The fourth-order valence-corrected chi connectivity index (χ4v) is 4.05. The van der Waals surface area contributed by atoms with Crippen molar-refractivity contribution in [2.45, 2.75) is 25.8 Å². The summed E-state index contributed by atoms with van der Waals surface area (Å²) in [6.07, 6.45) is 2.45. The molecule has 0 radical (unpaired) electrons. The number of hydrogen-bond donors (Lipinski definition) is 1. The van der Waals surface area contributed by atoms with Gasteiger partial charge in [0.25, 0.3) is 0 Å². The zero-order valence-corrected chi connectivity index (χ0v) is 14.0. The molecule has 1 heterocycles. The molecule has 2 unspecified atom stereocenters. The molecule has 1 N–H and O–H groups in total. The molecule has 0 aromatic heterocycles. The van der Waals surface area contributed by atoms with E-state index in [1.54, 1.807) is 7.11 Å². The molecule has 2 atom stereocenters. The second-order valence-corrected chi connectivity index (χ2v) is 6.58. The van der Waals surface area contributed by atoms with E-state index in [4.69, 9.17) is 9.47 Å². The van der Waals surface area contributed by atoms with Crippen LogP contribution in [0.25, 0.3) is 0 Å². The minimum Gasteiger partial charge on any atom is -0.491 e. The standard InChI is InChI=1S/C17H27NO2S/c1-3-9-18-17(14-8-12-21-13-14)15-6-4-5-7-16(15)20-11-10-19-2/h4-7,14,17-18H,3,8-13H2,1-2H3. The quantitative estimate of drug-likeness (QED) is 0.707. The third kappa shape index (κ3) is 4.90. The summed E-state index contributed by atoms with van der Waals surface area (Å²) in [4.78, 5) is 0. The van der Waals surface area contributed by atoms with Gasteiger partial charge < -0.3 is 14.8 Å². The van der Waals surface area contributed by atoms with Crippen LogP contribution in [-0.4, -0.2) is 38.4 Å². The number of methoxy groups -OCH3 is 1. The predicted molar refractivity (Wildman–Crippen MR) is 90.3 cm³/mol. The maximum absolute atomic E-state index is 5.93. The van der Waals surface area contributed by atoms with Gasteiger partial charge in [-0.05, 0) is 42.9 Å². The molecule has 1 aromatic rings. The summed E-state index contributed by atoms with van der Waals surface area (Å²) in [5, 5.41) is 3.73. The van der Waals surface area contributed by atoms with Crippen LogP contribution in [-0.2, 0) is 4.74 Å². The summed E-state index contributed by atoms with van der Waals surface area (Å²) in [6, 6.07) is 8.85. The van der Waals surface area contributed by atoms with Gasteiger partial charge in [-0.15, -0.1) is 0 Å². The van der Waals surface area contributed by atoms with Gasteiger partial charge in [0.15, 0.2) is 0 Å². The van der Waals surface area contributed by atoms with Crippen LogP contribution >= 0.6 is 11.8 Å². The lowest BCUT2D eigenvalue weighted by Gasteiger charge is -2.26. The minimum absolute atomic E-state index is 0.402. The molecule has 3 nitrogen and oxygen atoms in total. The van der Waals surface area contributed by atoms with Gasteiger partial charge in [-0.2, -0.15) is 11.8 Å². The summed E-state index contributed by atoms with van der Waals surface area (Å²) >= 11 is 2.07. The summed E-state index contributed by atoms with van der Waals surface area (Å²) in [6.45, 7) is 4.50. The molecule has 0 spiro atoms. The van der Waals surface area contributed by atoms with Crippen LogP contribution in [0.1, 0.15) is 31.4 Å². The van der Waals surface area contributed by atoms with E-state index >= 15 is 0 Å². The van der Waals surface area contributed by atoms with Gasteiger partial charge in [0.2, 0.25) is 0 Å². The van der Waals surface area contributed by atoms with Crippen molar-refractivity contribution >= 4 is 11.8 Å². The van der Waals surface area contributed by atoms with Crippen LogP contribution in [0.4, 0.5) is 0 Å². The number of nitrogens with one attached hydrogen (secondary N) is 1. The molecular weight excluding hydrogens is 282 g/mol. The second kappa shape index (κ2) is 9.34. The van der Waals surface area contributed by atoms with E-state index in [0.717, 1.165) is 18.7 Å². The zero-order chi connectivity index (χ0) is 14.9. The Labute approximate surface area is 132 Å². The Hall–Kier alpha value is -0.710. The Kier molecular flexibility index (Phi) is 7.41. The third-order valence-corrected chi connectivity index (χ3v) is 5.04. The first kappa shape index (κ1) is 16.7. The van der Waals surface area contributed by atoms with Crippen molar-refractivity contribution in [3.05, 3.63) is 29.8 Å². The number of para-hydroxylation sites is 1. The molecular formula is C17H27NO2S.